The molecule has 1 aliphatic heterocycles. The molecule has 1 heterocycles. The standard InChI is InChI=1S/C13H19NO3/c1-8(2)11-5-4-10-6-12(11)14(13(16)7-10)17-9(3)15/h10,12H,4-7H2,1-3H3. The highest BCUT2D eigenvalue weighted by Gasteiger charge is 2.41. The van der Waals surface area contributed by atoms with Gasteiger partial charge in [-0.3, -0.25) is 9.59 Å². The molecule has 0 spiro atoms. The zero-order chi connectivity index (χ0) is 12.6. The van der Waals surface area contributed by atoms with Gasteiger partial charge in [-0.2, -0.15) is 5.06 Å². The Bertz CT molecular complexity index is 382. The summed E-state index contributed by atoms with van der Waals surface area (Å²) < 4.78 is 0. The molecule has 0 aromatic carbocycles. The van der Waals surface area contributed by atoms with Gasteiger partial charge in [0.1, 0.15) is 0 Å². The van der Waals surface area contributed by atoms with Crippen molar-refractivity contribution in [2.45, 2.75) is 52.5 Å². The number of fused-ring (bicyclic) bond motifs is 2. The first-order valence-electron chi connectivity index (χ1n) is 6.16. The number of hydrogen-bond acceptors (Lipinski definition) is 3. The van der Waals surface area contributed by atoms with Crippen molar-refractivity contribution in [3.8, 4) is 0 Å². The normalized spacial score (nSPS) is 28.1. The van der Waals surface area contributed by atoms with Crippen LogP contribution in [0.3, 0.4) is 0 Å². The molecule has 0 aromatic rings. The van der Waals surface area contributed by atoms with Gasteiger partial charge in [0.15, 0.2) is 0 Å². The third kappa shape index (κ3) is 2.35. The first-order chi connectivity index (χ1) is 7.99. The number of hydrogen-bond donors (Lipinski definition) is 0. The van der Waals surface area contributed by atoms with Crippen molar-refractivity contribution >= 4 is 11.9 Å². The van der Waals surface area contributed by atoms with E-state index in [0.29, 0.717) is 12.3 Å². The summed E-state index contributed by atoms with van der Waals surface area (Å²) in [4.78, 5) is 28.1. The molecule has 1 amide bonds. The Labute approximate surface area is 102 Å². The first kappa shape index (κ1) is 12.1. The molecular weight excluding hydrogens is 218 g/mol. The summed E-state index contributed by atoms with van der Waals surface area (Å²) in [5.74, 6) is -0.0159. The smallest absolute Gasteiger partial charge is 0.329 e. The Morgan fingerprint density at radius 2 is 2.06 bits per heavy atom. The van der Waals surface area contributed by atoms with Gasteiger partial charge in [0.2, 0.25) is 0 Å². The molecule has 2 bridgehead atoms. The topological polar surface area (TPSA) is 46.6 Å². The maximum Gasteiger partial charge on any atom is 0.329 e. The van der Waals surface area contributed by atoms with Gasteiger partial charge in [0.25, 0.3) is 5.91 Å². The van der Waals surface area contributed by atoms with E-state index in [9.17, 15) is 9.59 Å². The lowest BCUT2D eigenvalue weighted by Gasteiger charge is -2.42. The maximum absolute atomic E-state index is 11.9. The second-order valence-corrected chi connectivity index (χ2v) is 5.19. The summed E-state index contributed by atoms with van der Waals surface area (Å²) >= 11 is 0. The van der Waals surface area contributed by atoms with Crippen LogP contribution in [0.5, 0.6) is 0 Å². The zero-order valence-corrected chi connectivity index (χ0v) is 10.7. The monoisotopic (exact) mass is 237 g/mol. The number of amides is 1. The molecule has 17 heavy (non-hydrogen) atoms. The fourth-order valence-electron chi connectivity index (χ4n) is 2.87. The molecule has 4 heteroatoms. The van der Waals surface area contributed by atoms with Crippen molar-refractivity contribution in [2.75, 3.05) is 0 Å². The third-order valence-corrected chi connectivity index (χ3v) is 3.64. The van der Waals surface area contributed by atoms with Crippen LogP contribution >= 0.6 is 0 Å². The van der Waals surface area contributed by atoms with E-state index in [1.807, 2.05) is 0 Å². The van der Waals surface area contributed by atoms with Crippen LogP contribution in [-0.2, 0) is 14.4 Å². The van der Waals surface area contributed by atoms with Crippen molar-refractivity contribution in [3.63, 3.8) is 0 Å². The minimum absolute atomic E-state index is 0.0242. The summed E-state index contributed by atoms with van der Waals surface area (Å²) in [6.45, 7) is 5.45. The quantitative estimate of drug-likeness (QED) is 0.657. The highest BCUT2D eigenvalue weighted by molar-refractivity contribution is 5.79. The lowest BCUT2D eigenvalue weighted by Crippen LogP contribution is -2.50. The van der Waals surface area contributed by atoms with Gasteiger partial charge in [0, 0.05) is 13.3 Å². The molecule has 1 saturated heterocycles. The van der Waals surface area contributed by atoms with Crippen LogP contribution in [0, 0.1) is 5.92 Å². The van der Waals surface area contributed by atoms with Crippen molar-refractivity contribution in [1.82, 2.24) is 5.06 Å². The molecule has 94 valence electrons. The van der Waals surface area contributed by atoms with E-state index < -0.39 is 5.97 Å². The number of rotatable bonds is 1. The summed E-state index contributed by atoms with van der Waals surface area (Å²) in [5.41, 5.74) is 2.50. The van der Waals surface area contributed by atoms with Gasteiger partial charge in [0.05, 0.1) is 6.04 Å². The Balaban J connectivity index is 2.27. The van der Waals surface area contributed by atoms with E-state index in [1.54, 1.807) is 0 Å². The predicted octanol–water partition coefficient (Wildman–Crippen LogP) is 2.20. The van der Waals surface area contributed by atoms with E-state index in [2.05, 4.69) is 13.8 Å². The molecule has 2 aliphatic rings. The minimum Gasteiger partial charge on any atom is -0.338 e. The molecule has 1 aliphatic carbocycles. The number of allylic oxidation sites excluding steroid dienone is 1. The molecule has 1 saturated carbocycles. The minimum atomic E-state index is -0.421. The van der Waals surface area contributed by atoms with Gasteiger partial charge in [-0.25, -0.2) is 0 Å². The van der Waals surface area contributed by atoms with E-state index >= 15 is 0 Å². The van der Waals surface area contributed by atoms with Crippen LogP contribution in [0.15, 0.2) is 11.1 Å². The summed E-state index contributed by atoms with van der Waals surface area (Å²) in [6.07, 6.45) is 3.54. The summed E-state index contributed by atoms with van der Waals surface area (Å²) in [7, 11) is 0. The Morgan fingerprint density at radius 3 is 2.65 bits per heavy atom. The van der Waals surface area contributed by atoms with Gasteiger partial charge < -0.3 is 4.84 Å². The van der Waals surface area contributed by atoms with Crippen molar-refractivity contribution < 1.29 is 14.4 Å². The summed E-state index contributed by atoms with van der Waals surface area (Å²) in [5, 5.41) is 1.31. The number of nitrogens with zero attached hydrogens (tertiary/aromatic N) is 1. The van der Waals surface area contributed by atoms with E-state index in [4.69, 9.17) is 4.84 Å². The van der Waals surface area contributed by atoms with Crippen LogP contribution in [0.4, 0.5) is 0 Å². The average Bonchev–Trinajstić information content (AvgIpc) is 2.23. The van der Waals surface area contributed by atoms with E-state index in [1.165, 1.54) is 23.1 Å². The number of hydroxylamine groups is 2. The Morgan fingerprint density at radius 1 is 1.35 bits per heavy atom. The van der Waals surface area contributed by atoms with Gasteiger partial charge in [-0.1, -0.05) is 5.57 Å². The highest BCUT2D eigenvalue weighted by atomic mass is 16.7. The fraction of sp³-hybridized carbons (Fsp3) is 0.692. The molecule has 0 aromatic heterocycles. The number of piperidine rings is 1. The van der Waals surface area contributed by atoms with Gasteiger partial charge in [-0.15, -0.1) is 0 Å². The van der Waals surface area contributed by atoms with Crippen LogP contribution < -0.4 is 0 Å². The van der Waals surface area contributed by atoms with E-state index in [-0.39, 0.29) is 11.9 Å². The molecule has 0 radical (unpaired) electrons. The van der Waals surface area contributed by atoms with Crippen LogP contribution in [0.25, 0.3) is 0 Å². The van der Waals surface area contributed by atoms with Gasteiger partial charge in [-0.05, 0) is 44.6 Å². The lowest BCUT2D eigenvalue weighted by atomic mass is 9.76. The predicted molar refractivity (Wildman–Crippen MR) is 62.7 cm³/mol. The number of carbonyl (C=O) groups is 2. The first-order valence-corrected chi connectivity index (χ1v) is 6.16. The molecule has 4 nitrogen and oxygen atoms in total. The molecule has 0 N–H and O–H groups in total. The summed E-state index contributed by atoms with van der Waals surface area (Å²) in [6, 6.07) is -0.0242. The van der Waals surface area contributed by atoms with E-state index in [0.717, 1.165) is 19.3 Å². The largest absolute Gasteiger partial charge is 0.338 e. The van der Waals surface area contributed by atoms with Crippen molar-refractivity contribution in [3.05, 3.63) is 11.1 Å². The maximum atomic E-state index is 11.9. The molecule has 2 fully saturated rings. The Kier molecular flexibility index (Phi) is 3.22. The van der Waals surface area contributed by atoms with Crippen molar-refractivity contribution in [2.24, 2.45) is 5.92 Å². The second kappa shape index (κ2) is 4.51. The fourth-order valence-corrected chi connectivity index (χ4v) is 2.87. The average molecular weight is 237 g/mol. The SMILES string of the molecule is CC(=O)ON1C(=O)CC2CCC(=C(C)C)C1C2. The highest BCUT2D eigenvalue weighted by Crippen LogP contribution is 2.39. The van der Waals surface area contributed by atoms with Crippen molar-refractivity contribution in [1.29, 1.82) is 0 Å². The second-order valence-electron chi connectivity index (χ2n) is 5.19. The molecule has 2 rings (SSSR count). The molecular formula is C13H19NO3. The van der Waals surface area contributed by atoms with Crippen LogP contribution in [-0.4, -0.2) is 23.0 Å². The number of carbonyl (C=O) groups excluding carboxylic acids is 2. The molecule has 2 unspecified atom stereocenters. The lowest BCUT2D eigenvalue weighted by molar-refractivity contribution is -0.211. The Hall–Kier alpha value is -1.32. The molecule has 2 atom stereocenters. The van der Waals surface area contributed by atoms with Gasteiger partial charge >= 0.3 is 5.97 Å². The van der Waals surface area contributed by atoms with Crippen LogP contribution in [0.2, 0.25) is 0 Å². The third-order valence-electron chi connectivity index (χ3n) is 3.64. The van der Waals surface area contributed by atoms with Crippen LogP contribution in [0.1, 0.15) is 46.5 Å². The zero-order valence-electron chi connectivity index (χ0n) is 10.7.